The first-order valence-corrected chi connectivity index (χ1v) is 13.3. The highest BCUT2D eigenvalue weighted by atomic mass is 16.5. The number of aliphatic hydroxyl groups excluding tert-OH is 1. The molecule has 2 aromatic heterocycles. The SMILES string of the molecule is Cc1ccc(Oc2cnn(C(CC3CCCC3)C(=O)Nc3ccn(CCCO)n3)c(=O)c2)c2c1CCC2. The number of anilines is 1. The number of carbonyl (C=O) groups is 1. The van der Waals surface area contributed by atoms with E-state index < -0.39 is 6.04 Å². The zero-order chi connectivity index (χ0) is 25.8. The number of fused-ring (bicyclic) bond motifs is 1. The monoisotopic (exact) mass is 505 g/mol. The summed E-state index contributed by atoms with van der Waals surface area (Å²) in [7, 11) is 0. The highest BCUT2D eigenvalue weighted by molar-refractivity contribution is 5.92. The summed E-state index contributed by atoms with van der Waals surface area (Å²) >= 11 is 0. The fraction of sp³-hybridized carbons (Fsp3) is 0.500. The Morgan fingerprint density at radius 1 is 1.19 bits per heavy atom. The third kappa shape index (κ3) is 5.77. The Labute approximate surface area is 216 Å². The molecule has 9 heteroatoms. The summed E-state index contributed by atoms with van der Waals surface area (Å²) in [6.07, 6.45) is 11.9. The summed E-state index contributed by atoms with van der Waals surface area (Å²) in [5.74, 6) is 1.63. The second-order valence-electron chi connectivity index (χ2n) is 10.2. The van der Waals surface area contributed by atoms with Crippen molar-refractivity contribution in [3.8, 4) is 11.5 Å². The molecule has 37 heavy (non-hydrogen) atoms. The molecule has 0 saturated heterocycles. The standard InChI is InChI=1S/C28H35N5O4/c1-19-10-11-25(23-9-4-8-22(19)23)37-21-17-27(35)33(29-18-21)24(16-20-6-2-3-7-20)28(36)30-26-12-14-32(31-26)13-5-15-34/h10-12,14,17-18,20,24,34H,2-9,13,15-16H2,1H3,(H,30,31,36). The average molecular weight is 506 g/mol. The molecule has 0 radical (unpaired) electrons. The highest BCUT2D eigenvalue weighted by Crippen LogP contribution is 2.35. The number of aromatic nitrogens is 4. The number of ether oxygens (including phenoxy) is 1. The molecule has 1 atom stereocenters. The molecule has 5 rings (SSSR count). The zero-order valence-corrected chi connectivity index (χ0v) is 21.4. The van der Waals surface area contributed by atoms with Gasteiger partial charge in [-0.3, -0.25) is 14.3 Å². The van der Waals surface area contributed by atoms with Gasteiger partial charge in [-0.1, -0.05) is 31.7 Å². The van der Waals surface area contributed by atoms with E-state index in [4.69, 9.17) is 9.84 Å². The summed E-state index contributed by atoms with van der Waals surface area (Å²) in [6.45, 7) is 2.75. The van der Waals surface area contributed by atoms with Crippen molar-refractivity contribution < 1.29 is 14.6 Å². The van der Waals surface area contributed by atoms with Gasteiger partial charge < -0.3 is 15.2 Å². The Kier molecular flexibility index (Phi) is 7.69. The van der Waals surface area contributed by atoms with Crippen molar-refractivity contribution in [2.24, 2.45) is 5.92 Å². The molecular formula is C28H35N5O4. The zero-order valence-electron chi connectivity index (χ0n) is 21.4. The van der Waals surface area contributed by atoms with Gasteiger partial charge in [0, 0.05) is 31.5 Å². The van der Waals surface area contributed by atoms with E-state index in [0.717, 1.165) is 50.7 Å². The maximum Gasteiger partial charge on any atom is 0.271 e. The van der Waals surface area contributed by atoms with Crippen molar-refractivity contribution in [1.82, 2.24) is 19.6 Å². The van der Waals surface area contributed by atoms with Gasteiger partial charge >= 0.3 is 0 Å². The summed E-state index contributed by atoms with van der Waals surface area (Å²) in [6, 6.07) is 6.42. The number of aliphatic hydroxyl groups is 1. The van der Waals surface area contributed by atoms with Crippen molar-refractivity contribution in [2.75, 3.05) is 11.9 Å². The van der Waals surface area contributed by atoms with E-state index >= 15 is 0 Å². The fourth-order valence-electron chi connectivity index (χ4n) is 5.64. The molecule has 0 spiro atoms. The first-order valence-electron chi connectivity index (χ1n) is 13.3. The van der Waals surface area contributed by atoms with Crippen LogP contribution >= 0.6 is 0 Å². The molecule has 1 saturated carbocycles. The summed E-state index contributed by atoms with van der Waals surface area (Å²) in [5, 5.41) is 20.7. The van der Waals surface area contributed by atoms with Crippen LogP contribution in [0.3, 0.4) is 0 Å². The van der Waals surface area contributed by atoms with Crippen LogP contribution in [-0.2, 0) is 24.2 Å². The smallest absolute Gasteiger partial charge is 0.271 e. The normalized spacial score (nSPS) is 16.1. The Morgan fingerprint density at radius 2 is 2.00 bits per heavy atom. The molecule has 0 bridgehead atoms. The Bertz CT molecular complexity index is 1310. The van der Waals surface area contributed by atoms with Gasteiger partial charge in [-0.25, -0.2) is 4.68 Å². The second-order valence-corrected chi connectivity index (χ2v) is 10.2. The van der Waals surface area contributed by atoms with Gasteiger partial charge in [-0.15, -0.1) is 0 Å². The van der Waals surface area contributed by atoms with Gasteiger partial charge in [0.25, 0.3) is 11.5 Å². The molecule has 2 heterocycles. The van der Waals surface area contributed by atoms with Crippen molar-refractivity contribution in [1.29, 1.82) is 0 Å². The number of amides is 1. The van der Waals surface area contributed by atoms with E-state index in [1.165, 1.54) is 33.6 Å². The molecule has 1 amide bonds. The molecule has 0 aliphatic heterocycles. The number of benzene rings is 1. The third-order valence-electron chi connectivity index (χ3n) is 7.57. The van der Waals surface area contributed by atoms with Crippen LogP contribution in [-0.4, -0.2) is 37.2 Å². The number of aryl methyl sites for hydroxylation is 2. The largest absolute Gasteiger partial charge is 0.455 e. The van der Waals surface area contributed by atoms with Crippen molar-refractivity contribution in [2.45, 2.75) is 77.3 Å². The van der Waals surface area contributed by atoms with E-state index in [2.05, 4.69) is 28.5 Å². The molecule has 2 N–H and O–H groups in total. The number of rotatable bonds is 10. The number of nitrogens with zero attached hydrogens (tertiary/aromatic N) is 4. The number of hydrogen-bond acceptors (Lipinski definition) is 6. The topological polar surface area (TPSA) is 111 Å². The van der Waals surface area contributed by atoms with E-state index in [-0.39, 0.29) is 18.1 Å². The summed E-state index contributed by atoms with van der Waals surface area (Å²) in [4.78, 5) is 26.6. The third-order valence-corrected chi connectivity index (χ3v) is 7.57. The predicted octanol–water partition coefficient (Wildman–Crippen LogP) is 4.17. The fourth-order valence-corrected chi connectivity index (χ4v) is 5.64. The first-order chi connectivity index (χ1) is 18.0. The van der Waals surface area contributed by atoms with Gasteiger partial charge in [0.05, 0.1) is 6.20 Å². The van der Waals surface area contributed by atoms with Gasteiger partial charge in [0.2, 0.25) is 0 Å². The lowest BCUT2D eigenvalue weighted by Gasteiger charge is -2.21. The number of carbonyl (C=O) groups excluding carboxylic acids is 1. The van der Waals surface area contributed by atoms with Crippen LogP contribution in [0.5, 0.6) is 11.5 Å². The first kappa shape index (κ1) is 25.2. The lowest BCUT2D eigenvalue weighted by molar-refractivity contribution is -0.120. The van der Waals surface area contributed by atoms with E-state index in [0.29, 0.717) is 36.9 Å². The van der Waals surface area contributed by atoms with Gasteiger partial charge in [-0.05, 0) is 67.7 Å². The lowest BCUT2D eigenvalue weighted by atomic mass is 9.98. The van der Waals surface area contributed by atoms with Gasteiger partial charge in [0.15, 0.2) is 11.6 Å². The number of hydrogen-bond donors (Lipinski definition) is 2. The average Bonchev–Trinajstić information content (AvgIpc) is 3.66. The van der Waals surface area contributed by atoms with Crippen molar-refractivity contribution >= 4 is 11.7 Å². The minimum Gasteiger partial charge on any atom is -0.455 e. The van der Waals surface area contributed by atoms with Crippen LogP contribution in [0.25, 0.3) is 0 Å². The van der Waals surface area contributed by atoms with Gasteiger partial charge in [-0.2, -0.15) is 10.2 Å². The maximum atomic E-state index is 13.4. The summed E-state index contributed by atoms with van der Waals surface area (Å²) in [5.41, 5.74) is 3.45. The van der Waals surface area contributed by atoms with Crippen molar-refractivity contribution in [3.63, 3.8) is 0 Å². The van der Waals surface area contributed by atoms with Crippen molar-refractivity contribution in [3.05, 3.63) is 63.7 Å². The maximum absolute atomic E-state index is 13.4. The van der Waals surface area contributed by atoms with E-state index in [1.807, 2.05) is 6.07 Å². The van der Waals surface area contributed by atoms with E-state index in [9.17, 15) is 9.59 Å². The van der Waals surface area contributed by atoms with Gasteiger partial charge in [0.1, 0.15) is 11.8 Å². The molecule has 2 aliphatic carbocycles. The molecule has 2 aliphatic rings. The Hall–Kier alpha value is -3.46. The van der Waals surface area contributed by atoms with Crippen LogP contribution in [0.15, 0.2) is 41.5 Å². The van der Waals surface area contributed by atoms with Crippen LogP contribution in [0, 0.1) is 12.8 Å². The Balaban J connectivity index is 1.36. The predicted molar refractivity (Wildman–Crippen MR) is 140 cm³/mol. The molecule has 1 unspecified atom stereocenters. The second kappa shape index (κ2) is 11.3. The molecular weight excluding hydrogens is 470 g/mol. The molecule has 1 aromatic carbocycles. The molecule has 3 aromatic rings. The lowest BCUT2D eigenvalue weighted by Crippen LogP contribution is -2.36. The van der Waals surface area contributed by atoms with Crippen LogP contribution in [0.4, 0.5) is 5.82 Å². The minimum atomic E-state index is -0.740. The molecule has 9 nitrogen and oxygen atoms in total. The quantitative estimate of drug-likeness (QED) is 0.428. The Morgan fingerprint density at radius 3 is 2.78 bits per heavy atom. The molecule has 196 valence electrons. The van der Waals surface area contributed by atoms with Crippen LogP contribution in [0.1, 0.15) is 67.7 Å². The molecule has 1 fully saturated rings. The van der Waals surface area contributed by atoms with Crippen LogP contribution < -0.4 is 15.6 Å². The van der Waals surface area contributed by atoms with E-state index in [1.54, 1.807) is 16.9 Å². The summed E-state index contributed by atoms with van der Waals surface area (Å²) < 4.78 is 9.07. The van der Waals surface area contributed by atoms with Crippen LogP contribution in [0.2, 0.25) is 0 Å². The minimum absolute atomic E-state index is 0.0751. The highest BCUT2D eigenvalue weighted by Gasteiger charge is 2.29. The number of nitrogens with one attached hydrogen (secondary N) is 1.